The maximum atomic E-state index is 6.32. The minimum Gasteiger partial charge on any atom is -0.324 e. The Morgan fingerprint density at radius 3 is 2.29 bits per heavy atom. The number of benzene rings is 2. The number of hydrogen-bond acceptors (Lipinski definition) is 3. The van der Waals surface area contributed by atoms with Crippen molar-refractivity contribution in [2.45, 2.75) is 38.4 Å². The lowest BCUT2D eigenvalue weighted by atomic mass is 10.0. The quantitative estimate of drug-likeness (QED) is 0.814. The fourth-order valence-electron chi connectivity index (χ4n) is 3.92. The molecule has 0 heterocycles. The molecular formula is C21H29N3. The summed E-state index contributed by atoms with van der Waals surface area (Å²) >= 11 is 0. The van der Waals surface area contributed by atoms with E-state index >= 15 is 0 Å². The standard InChI is InChI=1S/C21H29N3/c1-3-24(4-2)21(16-10-6-5-7-11-16)15-23-20-14-19(22)17-12-8-9-13-18(17)20/h5-13,19-21,23H,3-4,14-15,22H2,1-2H3. The van der Waals surface area contributed by atoms with E-state index < -0.39 is 0 Å². The van der Waals surface area contributed by atoms with E-state index in [1.807, 2.05) is 0 Å². The summed E-state index contributed by atoms with van der Waals surface area (Å²) in [4.78, 5) is 2.52. The second-order valence-corrected chi connectivity index (χ2v) is 6.58. The van der Waals surface area contributed by atoms with Crippen molar-refractivity contribution >= 4 is 0 Å². The van der Waals surface area contributed by atoms with Crippen molar-refractivity contribution in [3.63, 3.8) is 0 Å². The highest BCUT2D eigenvalue weighted by molar-refractivity contribution is 5.37. The highest BCUT2D eigenvalue weighted by Crippen LogP contribution is 2.37. The number of rotatable bonds is 7. The summed E-state index contributed by atoms with van der Waals surface area (Å²) in [5, 5.41) is 3.79. The molecule has 0 radical (unpaired) electrons. The lowest BCUT2D eigenvalue weighted by Gasteiger charge is -2.31. The fourth-order valence-corrected chi connectivity index (χ4v) is 3.92. The van der Waals surface area contributed by atoms with Gasteiger partial charge in [0, 0.05) is 24.7 Å². The molecule has 2 aromatic carbocycles. The van der Waals surface area contributed by atoms with Crippen LogP contribution in [0.25, 0.3) is 0 Å². The zero-order valence-electron chi connectivity index (χ0n) is 14.8. The number of nitrogens with one attached hydrogen (secondary N) is 1. The number of nitrogens with two attached hydrogens (primary N) is 1. The zero-order chi connectivity index (χ0) is 16.9. The highest BCUT2D eigenvalue weighted by Gasteiger charge is 2.29. The van der Waals surface area contributed by atoms with Gasteiger partial charge in [0.1, 0.15) is 0 Å². The molecule has 0 saturated carbocycles. The smallest absolute Gasteiger partial charge is 0.0472 e. The molecule has 0 fully saturated rings. The van der Waals surface area contributed by atoms with Crippen molar-refractivity contribution in [2.24, 2.45) is 5.73 Å². The lowest BCUT2D eigenvalue weighted by Crippen LogP contribution is -2.37. The monoisotopic (exact) mass is 323 g/mol. The molecule has 128 valence electrons. The Balaban J connectivity index is 1.75. The summed E-state index contributed by atoms with van der Waals surface area (Å²) in [6, 6.07) is 20.3. The molecule has 0 aliphatic heterocycles. The first-order valence-electron chi connectivity index (χ1n) is 9.11. The van der Waals surface area contributed by atoms with Crippen LogP contribution >= 0.6 is 0 Å². The molecule has 0 bridgehead atoms. The number of fused-ring (bicyclic) bond motifs is 1. The highest BCUT2D eigenvalue weighted by atomic mass is 15.2. The maximum absolute atomic E-state index is 6.32. The van der Waals surface area contributed by atoms with E-state index in [1.54, 1.807) is 0 Å². The van der Waals surface area contributed by atoms with E-state index in [1.165, 1.54) is 16.7 Å². The van der Waals surface area contributed by atoms with Crippen LogP contribution in [0.3, 0.4) is 0 Å². The molecule has 3 N–H and O–H groups in total. The molecule has 1 aliphatic carbocycles. The van der Waals surface area contributed by atoms with Crippen LogP contribution in [0.2, 0.25) is 0 Å². The van der Waals surface area contributed by atoms with Gasteiger partial charge in [0.15, 0.2) is 0 Å². The first-order valence-corrected chi connectivity index (χ1v) is 9.11. The van der Waals surface area contributed by atoms with Gasteiger partial charge in [0.2, 0.25) is 0 Å². The Kier molecular flexibility index (Phi) is 5.67. The molecule has 1 aliphatic rings. The van der Waals surface area contributed by atoms with Gasteiger partial charge in [-0.1, -0.05) is 68.4 Å². The first kappa shape index (κ1) is 17.2. The molecule has 0 aromatic heterocycles. The van der Waals surface area contributed by atoms with Crippen LogP contribution in [-0.2, 0) is 0 Å². The third-order valence-corrected chi connectivity index (χ3v) is 5.26. The summed E-state index contributed by atoms with van der Waals surface area (Å²) in [6.07, 6.45) is 0.985. The van der Waals surface area contributed by atoms with Gasteiger partial charge < -0.3 is 11.1 Å². The van der Waals surface area contributed by atoms with Gasteiger partial charge in [-0.05, 0) is 36.2 Å². The van der Waals surface area contributed by atoms with Crippen LogP contribution in [0.15, 0.2) is 54.6 Å². The van der Waals surface area contributed by atoms with Crippen LogP contribution in [0.4, 0.5) is 0 Å². The third kappa shape index (κ3) is 3.54. The molecule has 0 spiro atoms. The van der Waals surface area contributed by atoms with Crippen LogP contribution in [0.5, 0.6) is 0 Å². The molecule has 3 rings (SSSR count). The normalized spacial score (nSPS) is 21.0. The number of likely N-dealkylation sites (N-methyl/N-ethyl adjacent to an activating group) is 1. The Bertz CT molecular complexity index is 637. The summed E-state index contributed by atoms with van der Waals surface area (Å²) in [5.74, 6) is 0. The summed E-state index contributed by atoms with van der Waals surface area (Å²) in [5.41, 5.74) is 10.4. The minimum atomic E-state index is 0.155. The van der Waals surface area contributed by atoms with E-state index in [0.717, 1.165) is 26.1 Å². The fraction of sp³-hybridized carbons (Fsp3) is 0.429. The van der Waals surface area contributed by atoms with Crippen LogP contribution in [-0.4, -0.2) is 24.5 Å². The van der Waals surface area contributed by atoms with E-state index in [4.69, 9.17) is 5.73 Å². The molecule has 3 unspecified atom stereocenters. The SMILES string of the molecule is CCN(CC)C(CNC1CC(N)c2ccccc21)c1ccccc1. The van der Waals surface area contributed by atoms with Crippen molar-refractivity contribution in [3.8, 4) is 0 Å². The molecule has 0 saturated heterocycles. The molecule has 3 nitrogen and oxygen atoms in total. The first-order chi connectivity index (χ1) is 11.7. The second-order valence-electron chi connectivity index (χ2n) is 6.58. The predicted molar refractivity (Wildman–Crippen MR) is 101 cm³/mol. The van der Waals surface area contributed by atoms with E-state index in [0.29, 0.717) is 12.1 Å². The van der Waals surface area contributed by atoms with Gasteiger partial charge in [-0.15, -0.1) is 0 Å². The van der Waals surface area contributed by atoms with Crippen LogP contribution < -0.4 is 11.1 Å². The number of nitrogens with zero attached hydrogens (tertiary/aromatic N) is 1. The van der Waals surface area contributed by atoms with Crippen molar-refractivity contribution in [2.75, 3.05) is 19.6 Å². The van der Waals surface area contributed by atoms with Gasteiger partial charge in [-0.2, -0.15) is 0 Å². The average Bonchev–Trinajstić information content (AvgIpc) is 2.96. The summed E-state index contributed by atoms with van der Waals surface area (Å²) in [7, 11) is 0. The predicted octanol–water partition coefficient (Wildman–Crippen LogP) is 3.80. The van der Waals surface area contributed by atoms with Gasteiger partial charge in [-0.3, -0.25) is 4.90 Å². The lowest BCUT2D eigenvalue weighted by molar-refractivity contribution is 0.208. The largest absolute Gasteiger partial charge is 0.324 e. The Morgan fingerprint density at radius 1 is 1.00 bits per heavy atom. The summed E-state index contributed by atoms with van der Waals surface area (Å²) in [6.45, 7) is 7.52. The van der Waals surface area contributed by atoms with Crippen LogP contribution in [0, 0.1) is 0 Å². The Morgan fingerprint density at radius 2 is 1.62 bits per heavy atom. The molecule has 3 atom stereocenters. The van der Waals surface area contributed by atoms with Gasteiger partial charge in [0.05, 0.1) is 0 Å². The van der Waals surface area contributed by atoms with Crippen molar-refractivity contribution in [1.29, 1.82) is 0 Å². The van der Waals surface area contributed by atoms with E-state index in [-0.39, 0.29) is 6.04 Å². The van der Waals surface area contributed by atoms with Gasteiger partial charge in [-0.25, -0.2) is 0 Å². The van der Waals surface area contributed by atoms with Gasteiger partial charge >= 0.3 is 0 Å². The minimum absolute atomic E-state index is 0.155. The van der Waals surface area contributed by atoms with E-state index in [9.17, 15) is 0 Å². The second kappa shape index (κ2) is 7.93. The average molecular weight is 323 g/mol. The van der Waals surface area contributed by atoms with Crippen molar-refractivity contribution in [3.05, 3.63) is 71.3 Å². The van der Waals surface area contributed by atoms with E-state index in [2.05, 4.69) is 78.7 Å². The molecular weight excluding hydrogens is 294 g/mol. The Labute approximate surface area is 145 Å². The molecule has 0 amide bonds. The van der Waals surface area contributed by atoms with Crippen molar-refractivity contribution < 1.29 is 0 Å². The van der Waals surface area contributed by atoms with Crippen LogP contribution in [0.1, 0.15) is 55.1 Å². The zero-order valence-corrected chi connectivity index (χ0v) is 14.8. The van der Waals surface area contributed by atoms with Crippen molar-refractivity contribution in [1.82, 2.24) is 10.2 Å². The maximum Gasteiger partial charge on any atom is 0.0472 e. The molecule has 2 aromatic rings. The number of hydrogen-bond donors (Lipinski definition) is 2. The Hall–Kier alpha value is -1.68. The topological polar surface area (TPSA) is 41.3 Å². The third-order valence-electron chi connectivity index (χ3n) is 5.26. The molecule has 3 heteroatoms. The summed E-state index contributed by atoms with van der Waals surface area (Å²) < 4.78 is 0. The van der Waals surface area contributed by atoms with Gasteiger partial charge in [0.25, 0.3) is 0 Å². The molecule has 24 heavy (non-hydrogen) atoms.